The van der Waals surface area contributed by atoms with Gasteiger partial charge in [0.2, 0.25) is 0 Å². The van der Waals surface area contributed by atoms with Crippen molar-refractivity contribution in [3.8, 4) is 0 Å². The second kappa shape index (κ2) is 2.64. The first-order chi connectivity index (χ1) is 5.70. The van der Waals surface area contributed by atoms with Crippen LogP contribution in [0.15, 0.2) is 0 Å². The van der Waals surface area contributed by atoms with Gasteiger partial charge in [-0.25, -0.2) is 4.79 Å². The third-order valence-corrected chi connectivity index (χ3v) is 3.33. The minimum absolute atomic E-state index is 0.291. The monoisotopic (exact) mass is 170 g/mol. The van der Waals surface area contributed by atoms with E-state index < -0.39 is 6.16 Å². The van der Waals surface area contributed by atoms with E-state index in [4.69, 9.17) is 9.84 Å². The van der Waals surface area contributed by atoms with E-state index in [9.17, 15) is 4.79 Å². The van der Waals surface area contributed by atoms with Crippen molar-refractivity contribution in [3.05, 3.63) is 0 Å². The number of carbonyl (C=O) groups is 1. The van der Waals surface area contributed by atoms with Crippen molar-refractivity contribution in [2.45, 2.75) is 44.1 Å². The molecule has 68 valence electrons. The normalized spacial score (nSPS) is 39.5. The van der Waals surface area contributed by atoms with Gasteiger partial charge in [-0.15, -0.1) is 0 Å². The van der Waals surface area contributed by atoms with Gasteiger partial charge in [0.1, 0.15) is 5.60 Å². The first-order valence-electron chi connectivity index (χ1n) is 4.62. The van der Waals surface area contributed by atoms with Gasteiger partial charge in [-0.3, -0.25) is 0 Å². The molecule has 0 unspecified atom stereocenters. The zero-order chi connectivity index (χ0) is 8.60. The predicted molar refractivity (Wildman–Crippen MR) is 43.0 cm³/mol. The maximum Gasteiger partial charge on any atom is 0.506 e. The van der Waals surface area contributed by atoms with Crippen molar-refractivity contribution < 1.29 is 14.6 Å². The number of carboxylic acid groups (broad SMARTS) is 1. The molecular formula is C9H14O3. The Bertz CT molecular complexity index is 178. The summed E-state index contributed by atoms with van der Waals surface area (Å²) in [6.07, 6.45) is 5.22. The third kappa shape index (κ3) is 1.28. The molecule has 3 aliphatic rings. The third-order valence-electron chi connectivity index (χ3n) is 3.33. The Labute approximate surface area is 71.7 Å². The van der Waals surface area contributed by atoms with Gasteiger partial charge in [0.05, 0.1) is 0 Å². The summed E-state index contributed by atoms with van der Waals surface area (Å²) < 4.78 is 4.98. The summed E-state index contributed by atoms with van der Waals surface area (Å²) in [5, 5.41) is 8.56. The van der Waals surface area contributed by atoms with E-state index in [2.05, 4.69) is 0 Å². The molecule has 3 saturated carbocycles. The number of ether oxygens (including phenoxy) is 1. The van der Waals surface area contributed by atoms with Crippen molar-refractivity contribution >= 4 is 6.16 Å². The number of hydrogen-bond donors (Lipinski definition) is 1. The second-order valence-corrected chi connectivity index (χ2v) is 4.03. The van der Waals surface area contributed by atoms with Crippen molar-refractivity contribution in [1.82, 2.24) is 0 Å². The highest BCUT2D eigenvalue weighted by Crippen LogP contribution is 2.46. The lowest BCUT2D eigenvalue weighted by Gasteiger charge is -2.44. The predicted octanol–water partition coefficient (Wildman–Crippen LogP) is 2.40. The van der Waals surface area contributed by atoms with E-state index in [0.29, 0.717) is 0 Å². The van der Waals surface area contributed by atoms with Crippen LogP contribution in [0.2, 0.25) is 0 Å². The van der Waals surface area contributed by atoms with Gasteiger partial charge in [0, 0.05) is 0 Å². The summed E-state index contributed by atoms with van der Waals surface area (Å²) in [6, 6.07) is 0. The molecule has 0 saturated heterocycles. The Balaban J connectivity index is 2.03. The molecule has 0 aromatic rings. The SMILES string of the molecule is O=C(O)OC12CCC(CC1)CC2. The zero-order valence-corrected chi connectivity index (χ0v) is 7.08. The molecule has 3 rings (SSSR count). The van der Waals surface area contributed by atoms with Crippen LogP contribution in [0.5, 0.6) is 0 Å². The average molecular weight is 170 g/mol. The van der Waals surface area contributed by atoms with Gasteiger partial charge in [0.15, 0.2) is 0 Å². The van der Waals surface area contributed by atoms with Crippen LogP contribution in [0.25, 0.3) is 0 Å². The average Bonchev–Trinajstić information content (AvgIpc) is 2.05. The van der Waals surface area contributed by atoms with Crippen molar-refractivity contribution in [3.63, 3.8) is 0 Å². The summed E-state index contributed by atoms with van der Waals surface area (Å²) >= 11 is 0. The van der Waals surface area contributed by atoms with Crippen LogP contribution in [0.1, 0.15) is 38.5 Å². The number of fused-ring (bicyclic) bond motifs is 3. The first kappa shape index (κ1) is 7.90. The molecule has 2 bridgehead atoms. The maximum atomic E-state index is 10.4. The lowest BCUT2D eigenvalue weighted by atomic mass is 9.68. The highest BCUT2D eigenvalue weighted by atomic mass is 16.7. The molecule has 0 aliphatic heterocycles. The summed E-state index contributed by atoms with van der Waals surface area (Å²) in [5.74, 6) is 0.851. The lowest BCUT2D eigenvalue weighted by molar-refractivity contribution is -0.0816. The Morgan fingerprint density at radius 3 is 2.17 bits per heavy atom. The molecule has 0 spiro atoms. The summed E-state index contributed by atoms with van der Waals surface area (Å²) in [7, 11) is 0. The van der Waals surface area contributed by atoms with E-state index in [0.717, 1.165) is 44.4 Å². The number of rotatable bonds is 1. The Morgan fingerprint density at radius 1 is 1.25 bits per heavy atom. The molecule has 3 fully saturated rings. The van der Waals surface area contributed by atoms with Gasteiger partial charge < -0.3 is 9.84 Å². The molecule has 1 N–H and O–H groups in total. The van der Waals surface area contributed by atoms with Crippen LogP contribution >= 0.6 is 0 Å². The highest BCUT2D eigenvalue weighted by molar-refractivity contribution is 5.57. The zero-order valence-electron chi connectivity index (χ0n) is 7.08. The van der Waals surface area contributed by atoms with Crippen molar-refractivity contribution in [2.24, 2.45) is 5.92 Å². The quantitative estimate of drug-likeness (QED) is 0.614. The van der Waals surface area contributed by atoms with Crippen molar-refractivity contribution in [2.75, 3.05) is 0 Å². The van der Waals surface area contributed by atoms with Gasteiger partial charge in [-0.2, -0.15) is 0 Å². The fourth-order valence-corrected chi connectivity index (χ4v) is 2.55. The second-order valence-electron chi connectivity index (χ2n) is 4.03. The van der Waals surface area contributed by atoms with E-state index in [1.165, 1.54) is 0 Å². The standard InChI is InChI=1S/C9H14O3/c10-8(11)12-9-4-1-7(2-5-9)3-6-9/h7H,1-6H2,(H,10,11). The molecule has 0 aromatic heterocycles. The molecular weight excluding hydrogens is 156 g/mol. The van der Waals surface area contributed by atoms with Crippen LogP contribution in [-0.4, -0.2) is 16.9 Å². The Hall–Kier alpha value is -0.730. The van der Waals surface area contributed by atoms with Crippen LogP contribution in [0, 0.1) is 5.92 Å². The molecule has 0 heterocycles. The summed E-state index contributed by atoms with van der Waals surface area (Å²) in [4.78, 5) is 10.4. The van der Waals surface area contributed by atoms with E-state index in [1.54, 1.807) is 0 Å². The Morgan fingerprint density at radius 2 is 1.75 bits per heavy atom. The summed E-state index contributed by atoms with van der Waals surface area (Å²) in [5.41, 5.74) is -0.291. The summed E-state index contributed by atoms with van der Waals surface area (Å²) in [6.45, 7) is 0. The molecule has 12 heavy (non-hydrogen) atoms. The van der Waals surface area contributed by atoms with E-state index >= 15 is 0 Å². The van der Waals surface area contributed by atoms with Crippen LogP contribution in [0.4, 0.5) is 4.79 Å². The van der Waals surface area contributed by atoms with Crippen LogP contribution < -0.4 is 0 Å². The molecule has 0 radical (unpaired) electrons. The molecule has 3 nitrogen and oxygen atoms in total. The Kier molecular flexibility index (Phi) is 1.74. The largest absolute Gasteiger partial charge is 0.506 e. The van der Waals surface area contributed by atoms with Crippen LogP contribution in [-0.2, 0) is 4.74 Å². The van der Waals surface area contributed by atoms with Crippen LogP contribution in [0.3, 0.4) is 0 Å². The first-order valence-corrected chi connectivity index (χ1v) is 4.62. The molecule has 3 aliphatic carbocycles. The minimum Gasteiger partial charge on any atom is -0.450 e. The maximum absolute atomic E-state index is 10.4. The molecule has 0 amide bonds. The molecule has 0 atom stereocenters. The van der Waals surface area contributed by atoms with E-state index in [-0.39, 0.29) is 5.60 Å². The van der Waals surface area contributed by atoms with Gasteiger partial charge in [-0.1, -0.05) is 0 Å². The number of hydrogen-bond acceptors (Lipinski definition) is 2. The highest BCUT2D eigenvalue weighted by Gasteiger charge is 2.43. The lowest BCUT2D eigenvalue weighted by Crippen LogP contribution is -2.43. The van der Waals surface area contributed by atoms with Gasteiger partial charge in [-0.05, 0) is 44.4 Å². The van der Waals surface area contributed by atoms with E-state index in [1.807, 2.05) is 0 Å². The van der Waals surface area contributed by atoms with Gasteiger partial charge >= 0.3 is 6.16 Å². The van der Waals surface area contributed by atoms with Crippen molar-refractivity contribution in [1.29, 1.82) is 0 Å². The minimum atomic E-state index is -1.10. The topological polar surface area (TPSA) is 46.5 Å². The smallest absolute Gasteiger partial charge is 0.450 e. The fraction of sp³-hybridized carbons (Fsp3) is 0.889. The van der Waals surface area contributed by atoms with Gasteiger partial charge in [0.25, 0.3) is 0 Å². The molecule has 3 heteroatoms. The fourth-order valence-electron chi connectivity index (χ4n) is 2.55. The molecule has 0 aromatic carbocycles.